The van der Waals surface area contributed by atoms with Gasteiger partial charge in [-0.3, -0.25) is 9.27 Å². The Hall–Kier alpha value is -4.23. The Morgan fingerprint density at radius 2 is 1.61 bits per heavy atom. The highest BCUT2D eigenvalue weighted by atomic mass is 35.5. The predicted molar refractivity (Wildman–Crippen MR) is 158 cm³/mol. The molecule has 0 aliphatic heterocycles. The van der Waals surface area contributed by atoms with Gasteiger partial charge < -0.3 is 4.74 Å². The molecule has 0 atom stereocenters. The highest BCUT2D eigenvalue weighted by Crippen LogP contribution is 2.42. The molecule has 2 aromatic heterocycles. The van der Waals surface area contributed by atoms with Crippen molar-refractivity contribution in [1.29, 1.82) is 0 Å². The topological polar surface area (TPSA) is 148 Å². The van der Waals surface area contributed by atoms with Gasteiger partial charge in [-0.05, 0) is 37.3 Å². The van der Waals surface area contributed by atoms with Gasteiger partial charge in [0.15, 0.2) is 5.82 Å². The lowest BCUT2D eigenvalue weighted by Crippen LogP contribution is -2.15. The molecule has 0 saturated carbocycles. The lowest BCUT2D eigenvalue weighted by atomic mass is 10.0. The van der Waals surface area contributed by atoms with Crippen molar-refractivity contribution in [1.82, 2.24) is 15.2 Å². The largest absolute Gasteiger partial charge is 0.455 e. The van der Waals surface area contributed by atoms with Crippen molar-refractivity contribution >= 4 is 48.9 Å². The predicted octanol–water partition coefficient (Wildman–Crippen LogP) is 7.39. The molecular weight excluding hydrogens is 703 g/mol. The van der Waals surface area contributed by atoms with E-state index in [0.29, 0.717) is 18.2 Å². The van der Waals surface area contributed by atoms with Crippen molar-refractivity contribution in [3.63, 3.8) is 0 Å². The molecule has 3 aromatic carbocycles. The molecule has 242 valence electrons. The summed E-state index contributed by atoms with van der Waals surface area (Å²) in [5.74, 6) is -3.91. The van der Waals surface area contributed by atoms with E-state index in [0.717, 1.165) is 29.2 Å². The first kappa shape index (κ1) is 34.6. The van der Waals surface area contributed by atoms with E-state index in [-0.39, 0.29) is 21.8 Å². The molecule has 5 aromatic rings. The van der Waals surface area contributed by atoms with Gasteiger partial charge in [0.25, 0.3) is 20.1 Å². The Morgan fingerprint density at radius 3 is 2.17 bits per heavy atom. The number of aryl methyl sites for hydroxylation is 1. The van der Waals surface area contributed by atoms with Crippen LogP contribution in [0.1, 0.15) is 11.1 Å². The Labute approximate surface area is 267 Å². The second kappa shape index (κ2) is 13.6. The zero-order valence-corrected chi connectivity index (χ0v) is 26.0. The number of sulfonamides is 1. The average Bonchev–Trinajstić information content (AvgIpc) is 3.47. The molecule has 0 aliphatic rings. The number of nitrogens with one attached hydrogen (secondary N) is 1. The number of anilines is 1. The van der Waals surface area contributed by atoms with E-state index >= 15 is 0 Å². The SMILES string of the molecule is Cc1ccc(S(=O)(=O)O)cc1.O=S(=O)(Nc1cscn1)c1cc(Cl)c(Oc2cc(F)c(C(F)(F)F)cc2-c2ccnnc2)cc1F. The van der Waals surface area contributed by atoms with Crippen molar-refractivity contribution in [3.05, 3.63) is 106 Å². The second-order valence-corrected chi connectivity index (χ2v) is 13.2. The van der Waals surface area contributed by atoms with Gasteiger partial charge in [-0.25, -0.2) is 22.2 Å². The van der Waals surface area contributed by atoms with Crippen molar-refractivity contribution in [3.8, 4) is 22.6 Å². The monoisotopic (exact) mass is 720 g/mol. The number of halogens is 6. The summed E-state index contributed by atoms with van der Waals surface area (Å²) < 4.78 is 131. The minimum atomic E-state index is -5.01. The third-order valence-corrected chi connectivity index (χ3v) is 8.88. The molecule has 0 bridgehead atoms. The summed E-state index contributed by atoms with van der Waals surface area (Å²) in [4.78, 5) is 2.85. The summed E-state index contributed by atoms with van der Waals surface area (Å²) in [6, 6.07) is 9.61. The minimum Gasteiger partial charge on any atom is -0.455 e. The van der Waals surface area contributed by atoms with Crippen LogP contribution in [0.15, 0.2) is 87.7 Å². The van der Waals surface area contributed by atoms with E-state index in [4.69, 9.17) is 20.9 Å². The minimum absolute atomic E-state index is 0.0401. The molecular formula is C27H18ClF5N4O6S3. The molecule has 0 unspecified atom stereocenters. The van der Waals surface area contributed by atoms with Gasteiger partial charge in [-0.15, -0.1) is 11.3 Å². The summed E-state index contributed by atoms with van der Waals surface area (Å²) in [7, 11) is -8.45. The molecule has 5 rings (SSSR count). The Balaban J connectivity index is 0.000000369. The summed E-state index contributed by atoms with van der Waals surface area (Å²) in [6.07, 6.45) is -2.71. The lowest BCUT2D eigenvalue weighted by Gasteiger charge is -2.16. The van der Waals surface area contributed by atoms with Crippen LogP contribution in [0, 0.1) is 18.6 Å². The van der Waals surface area contributed by atoms with Crippen molar-refractivity contribution in [2.24, 2.45) is 0 Å². The number of alkyl halides is 3. The van der Waals surface area contributed by atoms with Crippen LogP contribution in [0.4, 0.5) is 27.8 Å². The number of rotatable bonds is 7. The average molecular weight is 721 g/mol. The summed E-state index contributed by atoms with van der Waals surface area (Å²) >= 11 is 7.19. The number of nitrogens with zero attached hydrogens (tertiary/aromatic N) is 3. The van der Waals surface area contributed by atoms with E-state index < -0.39 is 64.9 Å². The maximum absolute atomic E-state index is 14.8. The number of hydrogen-bond acceptors (Lipinski definition) is 9. The highest BCUT2D eigenvalue weighted by molar-refractivity contribution is 7.92. The number of hydrogen-bond donors (Lipinski definition) is 2. The molecule has 0 saturated heterocycles. The van der Waals surface area contributed by atoms with E-state index in [1.165, 1.54) is 35.3 Å². The normalized spacial score (nSPS) is 11.8. The molecule has 0 aliphatic carbocycles. The fraction of sp³-hybridized carbons (Fsp3) is 0.0741. The van der Waals surface area contributed by atoms with Gasteiger partial charge in [-0.2, -0.15) is 31.8 Å². The Bertz CT molecular complexity index is 2070. The lowest BCUT2D eigenvalue weighted by molar-refractivity contribution is -0.139. The molecule has 2 N–H and O–H groups in total. The van der Waals surface area contributed by atoms with Crippen molar-refractivity contribution < 1.29 is 48.1 Å². The van der Waals surface area contributed by atoms with Crippen LogP contribution >= 0.6 is 22.9 Å². The fourth-order valence-electron chi connectivity index (χ4n) is 3.61. The van der Waals surface area contributed by atoms with Gasteiger partial charge in [0, 0.05) is 28.6 Å². The van der Waals surface area contributed by atoms with Crippen LogP contribution in [0.2, 0.25) is 5.02 Å². The number of benzene rings is 3. The molecule has 0 radical (unpaired) electrons. The van der Waals surface area contributed by atoms with Crippen molar-refractivity contribution in [2.75, 3.05) is 4.72 Å². The van der Waals surface area contributed by atoms with E-state index in [1.54, 1.807) is 12.1 Å². The molecule has 46 heavy (non-hydrogen) atoms. The molecule has 19 heteroatoms. The van der Waals surface area contributed by atoms with E-state index in [2.05, 4.69) is 19.9 Å². The summed E-state index contributed by atoms with van der Waals surface area (Å²) in [5.41, 5.74) is 0.591. The van der Waals surface area contributed by atoms with Gasteiger partial charge in [0.2, 0.25) is 0 Å². The quantitative estimate of drug-likeness (QED) is 0.130. The summed E-state index contributed by atoms with van der Waals surface area (Å²) in [6.45, 7) is 1.84. The van der Waals surface area contributed by atoms with Crippen molar-refractivity contribution in [2.45, 2.75) is 22.9 Å². The van der Waals surface area contributed by atoms with Gasteiger partial charge in [0.05, 0.1) is 33.4 Å². The van der Waals surface area contributed by atoms with Crippen LogP contribution in [0.5, 0.6) is 11.5 Å². The van der Waals surface area contributed by atoms with Crippen LogP contribution in [0.3, 0.4) is 0 Å². The molecule has 10 nitrogen and oxygen atoms in total. The van der Waals surface area contributed by atoms with Crippen LogP contribution < -0.4 is 9.46 Å². The molecule has 2 heterocycles. The maximum Gasteiger partial charge on any atom is 0.419 e. The van der Waals surface area contributed by atoms with Gasteiger partial charge in [-0.1, -0.05) is 29.3 Å². The smallest absolute Gasteiger partial charge is 0.419 e. The van der Waals surface area contributed by atoms with Crippen LogP contribution in [-0.2, 0) is 26.3 Å². The highest BCUT2D eigenvalue weighted by Gasteiger charge is 2.35. The third-order valence-electron chi connectivity index (χ3n) is 5.76. The maximum atomic E-state index is 14.8. The number of ether oxygens (including phenoxy) is 1. The van der Waals surface area contributed by atoms with E-state index in [1.807, 2.05) is 6.92 Å². The standard InChI is InChI=1S/C20H10ClF5N4O3S2.C7H8O3S/c21-13-4-18(35(31,32)30-19-8-34-9-27-19)15(23)6-17(13)33-16-5-14(22)12(20(24,25)26)3-11(16)10-1-2-28-29-7-10;1-6-2-4-7(5-3-6)11(8,9)10/h1-9,30H;2-5H,1H3,(H,8,9,10). The second-order valence-electron chi connectivity index (χ2n) is 9.04. The number of thiazole rings is 1. The zero-order chi connectivity index (χ0) is 33.9. The Kier molecular flexibility index (Phi) is 10.3. The third kappa shape index (κ3) is 8.52. The number of aromatic nitrogens is 3. The summed E-state index contributed by atoms with van der Waals surface area (Å²) in [5, 5.41) is 8.08. The van der Waals surface area contributed by atoms with Gasteiger partial charge in [0.1, 0.15) is 28.0 Å². The molecule has 0 fully saturated rings. The van der Waals surface area contributed by atoms with Crippen LogP contribution in [-0.4, -0.2) is 36.6 Å². The zero-order valence-electron chi connectivity index (χ0n) is 22.8. The van der Waals surface area contributed by atoms with Crippen LogP contribution in [0.25, 0.3) is 11.1 Å². The first-order valence-corrected chi connectivity index (χ1v) is 16.5. The molecule has 0 amide bonds. The van der Waals surface area contributed by atoms with Gasteiger partial charge >= 0.3 is 6.18 Å². The molecule has 0 spiro atoms. The first-order chi connectivity index (χ1) is 21.5. The fourth-order valence-corrected chi connectivity index (χ4v) is 6.00. The Morgan fingerprint density at radius 1 is 0.935 bits per heavy atom. The van der Waals surface area contributed by atoms with E-state index in [9.17, 15) is 38.8 Å². The first-order valence-electron chi connectivity index (χ1n) is 12.3.